The molecule has 0 unspecified atom stereocenters. The van der Waals surface area contributed by atoms with Gasteiger partial charge in [0.1, 0.15) is 17.4 Å². The van der Waals surface area contributed by atoms with Gasteiger partial charge in [0.15, 0.2) is 0 Å². The Balaban J connectivity index is 1.92. The second kappa shape index (κ2) is 7.00. The molecule has 3 aromatic rings. The third-order valence-electron chi connectivity index (χ3n) is 4.19. The molecule has 1 aromatic heterocycles. The highest BCUT2D eigenvalue weighted by Crippen LogP contribution is 2.24. The quantitative estimate of drug-likeness (QED) is 0.740. The van der Waals surface area contributed by atoms with Crippen molar-refractivity contribution in [2.75, 3.05) is 12.4 Å². The van der Waals surface area contributed by atoms with E-state index in [1.54, 1.807) is 13.2 Å². The van der Waals surface area contributed by atoms with Crippen LogP contribution in [0, 0.1) is 25.5 Å². The van der Waals surface area contributed by atoms with Gasteiger partial charge in [0, 0.05) is 23.1 Å². The first-order valence-corrected chi connectivity index (χ1v) is 8.00. The SMILES string of the molecule is COc1ccc(-n2c(C)cc(C(=O)Nc3ccc(F)cc3F)c2C)cc1. The number of amides is 1. The highest BCUT2D eigenvalue weighted by atomic mass is 19.1. The Hall–Kier alpha value is -3.15. The maximum absolute atomic E-state index is 13.8. The van der Waals surface area contributed by atoms with E-state index in [1.807, 2.05) is 42.7 Å². The summed E-state index contributed by atoms with van der Waals surface area (Å²) in [5, 5.41) is 2.49. The molecule has 0 radical (unpaired) electrons. The van der Waals surface area contributed by atoms with Crippen LogP contribution in [-0.4, -0.2) is 17.6 Å². The van der Waals surface area contributed by atoms with Crippen LogP contribution in [0.25, 0.3) is 5.69 Å². The Kier molecular flexibility index (Phi) is 4.75. The first-order chi connectivity index (χ1) is 12.4. The van der Waals surface area contributed by atoms with Gasteiger partial charge in [0.25, 0.3) is 5.91 Å². The van der Waals surface area contributed by atoms with Gasteiger partial charge in [-0.2, -0.15) is 0 Å². The van der Waals surface area contributed by atoms with E-state index in [0.29, 0.717) is 11.3 Å². The first kappa shape index (κ1) is 17.7. The standard InChI is InChI=1S/C20H18F2N2O2/c1-12-10-17(20(25)23-19-9-4-14(21)11-18(19)22)13(2)24(12)15-5-7-16(26-3)8-6-15/h4-11H,1-3H3,(H,23,25). The lowest BCUT2D eigenvalue weighted by Gasteiger charge is -2.11. The van der Waals surface area contributed by atoms with Crippen molar-refractivity contribution in [1.29, 1.82) is 0 Å². The number of nitrogens with zero attached hydrogens (tertiary/aromatic N) is 1. The summed E-state index contributed by atoms with van der Waals surface area (Å²) in [7, 11) is 1.60. The molecule has 0 aliphatic rings. The Bertz CT molecular complexity index is 963. The van der Waals surface area contributed by atoms with Crippen molar-refractivity contribution in [3.05, 3.63) is 77.1 Å². The second-order valence-corrected chi connectivity index (χ2v) is 5.90. The van der Waals surface area contributed by atoms with E-state index in [0.717, 1.165) is 29.3 Å². The molecule has 2 aromatic carbocycles. The topological polar surface area (TPSA) is 43.3 Å². The number of aromatic nitrogens is 1. The normalized spacial score (nSPS) is 10.7. The lowest BCUT2D eigenvalue weighted by molar-refractivity contribution is 0.102. The lowest BCUT2D eigenvalue weighted by atomic mass is 10.2. The van der Waals surface area contributed by atoms with Crippen LogP contribution in [-0.2, 0) is 0 Å². The summed E-state index contributed by atoms with van der Waals surface area (Å²) >= 11 is 0. The predicted molar refractivity (Wildman–Crippen MR) is 96.1 cm³/mol. The van der Waals surface area contributed by atoms with Gasteiger partial charge in [-0.3, -0.25) is 4.79 Å². The molecule has 0 atom stereocenters. The molecule has 0 spiro atoms. The number of ether oxygens (including phenoxy) is 1. The van der Waals surface area contributed by atoms with Crippen molar-refractivity contribution < 1.29 is 18.3 Å². The number of rotatable bonds is 4. The van der Waals surface area contributed by atoms with Gasteiger partial charge in [0.05, 0.1) is 18.4 Å². The summed E-state index contributed by atoms with van der Waals surface area (Å²) in [6.45, 7) is 3.69. The third kappa shape index (κ3) is 3.31. The molecule has 6 heteroatoms. The first-order valence-electron chi connectivity index (χ1n) is 8.00. The van der Waals surface area contributed by atoms with E-state index in [9.17, 15) is 13.6 Å². The zero-order valence-corrected chi connectivity index (χ0v) is 14.6. The molecule has 0 saturated carbocycles. The number of carbonyl (C=O) groups excluding carboxylic acids is 1. The monoisotopic (exact) mass is 356 g/mol. The number of nitrogens with one attached hydrogen (secondary N) is 1. The van der Waals surface area contributed by atoms with E-state index >= 15 is 0 Å². The van der Waals surface area contributed by atoms with Gasteiger partial charge in [-0.1, -0.05) is 0 Å². The maximum Gasteiger partial charge on any atom is 0.257 e. The fourth-order valence-electron chi connectivity index (χ4n) is 2.90. The largest absolute Gasteiger partial charge is 0.497 e. The van der Waals surface area contributed by atoms with Gasteiger partial charge >= 0.3 is 0 Å². The van der Waals surface area contributed by atoms with Crippen molar-refractivity contribution in [3.63, 3.8) is 0 Å². The van der Waals surface area contributed by atoms with Crippen molar-refractivity contribution in [2.24, 2.45) is 0 Å². The van der Waals surface area contributed by atoms with E-state index < -0.39 is 17.5 Å². The number of methoxy groups -OCH3 is 1. The van der Waals surface area contributed by atoms with E-state index in [1.165, 1.54) is 6.07 Å². The minimum Gasteiger partial charge on any atom is -0.497 e. The second-order valence-electron chi connectivity index (χ2n) is 5.90. The molecule has 1 heterocycles. The van der Waals surface area contributed by atoms with E-state index in [2.05, 4.69) is 5.32 Å². The van der Waals surface area contributed by atoms with Crippen molar-refractivity contribution in [1.82, 2.24) is 4.57 Å². The molecule has 1 amide bonds. The summed E-state index contributed by atoms with van der Waals surface area (Å²) in [5.74, 6) is -1.23. The summed E-state index contributed by atoms with van der Waals surface area (Å²) in [5.41, 5.74) is 2.81. The molecule has 0 fully saturated rings. The molecule has 134 valence electrons. The minimum absolute atomic E-state index is 0.0642. The Morgan fingerprint density at radius 1 is 1.04 bits per heavy atom. The number of hydrogen-bond acceptors (Lipinski definition) is 2. The van der Waals surface area contributed by atoms with Crippen LogP contribution in [0.5, 0.6) is 5.75 Å². The smallest absolute Gasteiger partial charge is 0.257 e. The van der Waals surface area contributed by atoms with E-state index in [-0.39, 0.29) is 5.69 Å². The Labute approximate surface area is 150 Å². The van der Waals surface area contributed by atoms with Crippen molar-refractivity contribution in [2.45, 2.75) is 13.8 Å². The number of aryl methyl sites for hydroxylation is 1. The molecule has 0 saturated heterocycles. The minimum atomic E-state index is -0.817. The number of hydrogen-bond donors (Lipinski definition) is 1. The predicted octanol–water partition coefficient (Wildman–Crippen LogP) is 4.63. The Morgan fingerprint density at radius 3 is 2.35 bits per heavy atom. The van der Waals surface area contributed by atoms with E-state index in [4.69, 9.17) is 4.74 Å². The van der Waals surface area contributed by atoms with Crippen LogP contribution in [0.2, 0.25) is 0 Å². The number of anilines is 1. The van der Waals surface area contributed by atoms with Crippen LogP contribution in [0.3, 0.4) is 0 Å². The highest BCUT2D eigenvalue weighted by molar-refractivity contribution is 6.05. The molecular weight excluding hydrogens is 338 g/mol. The van der Waals surface area contributed by atoms with Crippen LogP contribution in [0.1, 0.15) is 21.7 Å². The summed E-state index contributed by atoms with van der Waals surface area (Å²) in [6.07, 6.45) is 0. The fourth-order valence-corrected chi connectivity index (χ4v) is 2.90. The van der Waals surface area contributed by atoms with Crippen molar-refractivity contribution in [3.8, 4) is 11.4 Å². The fraction of sp³-hybridized carbons (Fsp3) is 0.150. The number of benzene rings is 2. The summed E-state index contributed by atoms with van der Waals surface area (Å²) in [6, 6.07) is 12.2. The van der Waals surface area contributed by atoms with Crippen LogP contribution in [0.4, 0.5) is 14.5 Å². The zero-order chi connectivity index (χ0) is 18.8. The number of carbonyl (C=O) groups is 1. The summed E-state index contributed by atoms with van der Waals surface area (Å²) in [4.78, 5) is 12.6. The highest BCUT2D eigenvalue weighted by Gasteiger charge is 2.18. The van der Waals surface area contributed by atoms with Crippen LogP contribution in [0.15, 0.2) is 48.5 Å². The maximum atomic E-state index is 13.8. The average molecular weight is 356 g/mol. The van der Waals surface area contributed by atoms with Gasteiger partial charge < -0.3 is 14.6 Å². The summed E-state index contributed by atoms with van der Waals surface area (Å²) < 4.78 is 33.9. The third-order valence-corrected chi connectivity index (χ3v) is 4.19. The molecule has 0 aliphatic heterocycles. The van der Waals surface area contributed by atoms with Crippen molar-refractivity contribution >= 4 is 11.6 Å². The van der Waals surface area contributed by atoms with Gasteiger partial charge in [0.2, 0.25) is 0 Å². The molecule has 0 bridgehead atoms. The molecule has 1 N–H and O–H groups in total. The molecule has 4 nitrogen and oxygen atoms in total. The van der Waals surface area contributed by atoms with Gasteiger partial charge in [-0.15, -0.1) is 0 Å². The van der Waals surface area contributed by atoms with Crippen LogP contribution >= 0.6 is 0 Å². The Morgan fingerprint density at radius 2 is 1.73 bits per heavy atom. The lowest BCUT2D eigenvalue weighted by Crippen LogP contribution is -2.14. The van der Waals surface area contributed by atoms with Gasteiger partial charge in [-0.25, -0.2) is 8.78 Å². The number of halogens is 2. The average Bonchev–Trinajstić information content (AvgIpc) is 2.92. The van der Waals surface area contributed by atoms with Gasteiger partial charge in [-0.05, 0) is 56.3 Å². The van der Waals surface area contributed by atoms with Crippen LogP contribution < -0.4 is 10.1 Å². The molecular formula is C20H18F2N2O2. The molecule has 0 aliphatic carbocycles. The molecule has 26 heavy (non-hydrogen) atoms. The molecule has 3 rings (SSSR count). The zero-order valence-electron chi connectivity index (χ0n) is 14.6.